The summed E-state index contributed by atoms with van der Waals surface area (Å²) in [6.07, 6.45) is 5.53. The van der Waals surface area contributed by atoms with Crippen LogP contribution in [0.2, 0.25) is 0 Å². The summed E-state index contributed by atoms with van der Waals surface area (Å²) >= 11 is 0. The van der Waals surface area contributed by atoms with E-state index < -0.39 is 0 Å². The predicted octanol–water partition coefficient (Wildman–Crippen LogP) is 1.17. The van der Waals surface area contributed by atoms with Crippen molar-refractivity contribution in [2.75, 3.05) is 23.7 Å². The van der Waals surface area contributed by atoms with E-state index in [1.54, 1.807) is 18.3 Å². The number of hydrogen-bond donors (Lipinski definition) is 1. The molecule has 0 spiro atoms. The summed E-state index contributed by atoms with van der Waals surface area (Å²) in [6.45, 7) is 2.08. The van der Waals surface area contributed by atoms with E-state index in [1.807, 2.05) is 10.6 Å². The lowest BCUT2D eigenvalue weighted by molar-refractivity contribution is 0.280. The highest BCUT2D eigenvalue weighted by atomic mass is 16.1. The smallest absolute Gasteiger partial charge is 0.251 e. The summed E-state index contributed by atoms with van der Waals surface area (Å²) in [6, 6.07) is 7.43. The molecule has 2 N–H and O–H groups in total. The molecule has 0 saturated carbocycles. The number of anilines is 2. The van der Waals surface area contributed by atoms with Crippen LogP contribution in [0.25, 0.3) is 11.3 Å². The Morgan fingerprint density at radius 3 is 2.76 bits per heavy atom. The topological polar surface area (TPSA) is 127 Å². The molecule has 0 aromatic carbocycles. The van der Waals surface area contributed by atoms with Crippen molar-refractivity contribution in [3.8, 4) is 17.3 Å². The summed E-state index contributed by atoms with van der Waals surface area (Å²) < 4.78 is 1.87. The Balaban J connectivity index is 1.55. The summed E-state index contributed by atoms with van der Waals surface area (Å²) in [5, 5.41) is 9.38. The maximum Gasteiger partial charge on any atom is 0.251 e. The lowest BCUT2D eigenvalue weighted by Crippen LogP contribution is -2.47. The van der Waals surface area contributed by atoms with Gasteiger partial charge in [-0.25, -0.2) is 19.9 Å². The van der Waals surface area contributed by atoms with E-state index in [2.05, 4.69) is 30.9 Å². The first-order valence-electron chi connectivity index (χ1n) is 9.41. The minimum Gasteiger partial charge on any atom is -0.384 e. The highest BCUT2D eigenvalue weighted by molar-refractivity contribution is 5.62. The van der Waals surface area contributed by atoms with Crippen LogP contribution in [0.3, 0.4) is 0 Å². The van der Waals surface area contributed by atoms with Crippen LogP contribution in [0.15, 0.2) is 41.7 Å². The normalized spacial score (nSPS) is 20.0. The van der Waals surface area contributed by atoms with Crippen molar-refractivity contribution in [3.05, 3.63) is 58.7 Å². The molecular formula is C20H18N8O. The lowest BCUT2D eigenvalue weighted by atomic mass is 9.82. The molecule has 1 saturated heterocycles. The minimum atomic E-state index is -0.0324. The summed E-state index contributed by atoms with van der Waals surface area (Å²) in [7, 11) is 0. The maximum absolute atomic E-state index is 12.8. The molecule has 0 aliphatic carbocycles. The van der Waals surface area contributed by atoms with Crippen molar-refractivity contribution >= 4 is 11.6 Å². The Morgan fingerprint density at radius 2 is 1.93 bits per heavy atom. The Morgan fingerprint density at radius 1 is 1.07 bits per heavy atom. The average Bonchev–Trinajstić information content (AvgIpc) is 2.74. The zero-order chi connectivity index (χ0) is 20.0. The standard InChI is InChI=1S/C20H18N8O/c21-7-16-20(24-2-1-23-16)27-8-12-3-14(10-27)17-4-13(5-19(29)28(17)9-12)15-6-18(22)26-11-25-15/h1-2,4-6,11-12,14H,3,8-10H2,(H2,22,25,26)/t12-,14+/m0/s1. The molecule has 2 atom stereocenters. The first kappa shape index (κ1) is 17.3. The van der Waals surface area contributed by atoms with Gasteiger partial charge < -0.3 is 15.2 Å². The van der Waals surface area contributed by atoms with E-state index in [9.17, 15) is 10.1 Å². The van der Waals surface area contributed by atoms with E-state index in [4.69, 9.17) is 5.73 Å². The molecule has 5 heterocycles. The number of nitriles is 1. The van der Waals surface area contributed by atoms with E-state index in [-0.39, 0.29) is 11.5 Å². The van der Waals surface area contributed by atoms with Gasteiger partial charge >= 0.3 is 0 Å². The molecule has 2 aliphatic rings. The fraction of sp³-hybridized carbons (Fsp3) is 0.300. The maximum atomic E-state index is 12.8. The highest BCUT2D eigenvalue weighted by Crippen LogP contribution is 2.38. The van der Waals surface area contributed by atoms with Crippen molar-refractivity contribution in [1.82, 2.24) is 24.5 Å². The quantitative estimate of drug-likeness (QED) is 0.695. The van der Waals surface area contributed by atoms with Crippen LogP contribution in [0.1, 0.15) is 23.7 Å². The average molecular weight is 386 g/mol. The predicted molar refractivity (Wildman–Crippen MR) is 106 cm³/mol. The molecule has 29 heavy (non-hydrogen) atoms. The fourth-order valence-electron chi connectivity index (χ4n) is 4.45. The fourth-order valence-corrected chi connectivity index (χ4v) is 4.45. The van der Waals surface area contributed by atoms with Crippen LogP contribution in [-0.2, 0) is 6.54 Å². The zero-order valence-corrected chi connectivity index (χ0v) is 15.6. The second kappa shape index (κ2) is 6.67. The van der Waals surface area contributed by atoms with Crippen LogP contribution in [-0.4, -0.2) is 37.6 Å². The zero-order valence-electron chi connectivity index (χ0n) is 15.6. The van der Waals surface area contributed by atoms with Crippen molar-refractivity contribution in [1.29, 1.82) is 5.26 Å². The van der Waals surface area contributed by atoms with E-state index >= 15 is 0 Å². The van der Waals surface area contributed by atoms with Crippen molar-refractivity contribution in [2.24, 2.45) is 5.92 Å². The van der Waals surface area contributed by atoms with E-state index in [0.717, 1.165) is 24.2 Å². The first-order valence-corrected chi connectivity index (χ1v) is 9.41. The Hall–Kier alpha value is -3.80. The molecule has 0 amide bonds. The molecule has 144 valence electrons. The van der Waals surface area contributed by atoms with Gasteiger partial charge in [-0.2, -0.15) is 5.26 Å². The molecule has 9 nitrogen and oxygen atoms in total. The third-order valence-corrected chi connectivity index (χ3v) is 5.62. The number of rotatable bonds is 2. The van der Waals surface area contributed by atoms with Gasteiger partial charge in [-0.3, -0.25) is 4.79 Å². The monoisotopic (exact) mass is 386 g/mol. The largest absolute Gasteiger partial charge is 0.384 e. The molecule has 2 aliphatic heterocycles. The molecule has 1 fully saturated rings. The van der Waals surface area contributed by atoms with Crippen LogP contribution < -0.4 is 16.2 Å². The molecule has 0 unspecified atom stereocenters. The van der Waals surface area contributed by atoms with Gasteiger partial charge in [0.15, 0.2) is 11.5 Å². The number of piperidine rings is 1. The first-order chi connectivity index (χ1) is 14.1. The SMILES string of the molecule is N#Cc1nccnc1N1C[C@@H]2C[C@H](C1)c1cc(-c3cc(N)ncn3)cc(=O)n1C2. The number of fused-ring (bicyclic) bond motifs is 4. The molecule has 3 aromatic heterocycles. The number of hydrogen-bond acceptors (Lipinski definition) is 8. The molecule has 0 radical (unpaired) electrons. The number of nitrogens with zero attached hydrogens (tertiary/aromatic N) is 7. The van der Waals surface area contributed by atoms with Crippen LogP contribution in [0, 0.1) is 17.2 Å². The molecule has 2 bridgehead atoms. The Kier molecular flexibility index (Phi) is 3.98. The van der Waals surface area contributed by atoms with Gasteiger partial charge in [-0.05, 0) is 18.4 Å². The second-order valence-electron chi connectivity index (χ2n) is 7.49. The third kappa shape index (κ3) is 2.99. The van der Waals surface area contributed by atoms with Crippen molar-refractivity contribution < 1.29 is 0 Å². The van der Waals surface area contributed by atoms with Crippen LogP contribution >= 0.6 is 0 Å². The molecular weight excluding hydrogens is 368 g/mol. The molecule has 3 aromatic rings. The van der Waals surface area contributed by atoms with Gasteiger partial charge in [-0.1, -0.05) is 0 Å². The number of aromatic nitrogens is 5. The molecule has 9 heteroatoms. The van der Waals surface area contributed by atoms with Gasteiger partial charge in [0.25, 0.3) is 5.56 Å². The summed E-state index contributed by atoms with van der Waals surface area (Å²) in [5.41, 5.74) is 8.43. The number of nitrogen functional groups attached to an aromatic ring is 1. The van der Waals surface area contributed by atoms with Gasteiger partial charge in [0.1, 0.15) is 18.2 Å². The Bertz CT molecular complexity index is 1200. The Labute approximate surface area is 166 Å². The lowest BCUT2D eigenvalue weighted by Gasteiger charge is -2.43. The second-order valence-corrected chi connectivity index (χ2v) is 7.49. The van der Waals surface area contributed by atoms with Gasteiger partial charge in [0, 0.05) is 61.3 Å². The van der Waals surface area contributed by atoms with Crippen molar-refractivity contribution in [3.63, 3.8) is 0 Å². The van der Waals surface area contributed by atoms with Crippen molar-refractivity contribution in [2.45, 2.75) is 18.9 Å². The highest BCUT2D eigenvalue weighted by Gasteiger charge is 2.36. The molecule has 5 rings (SSSR count). The van der Waals surface area contributed by atoms with Gasteiger partial charge in [0.05, 0.1) is 5.69 Å². The van der Waals surface area contributed by atoms with Crippen LogP contribution in [0.5, 0.6) is 0 Å². The number of pyridine rings is 1. The van der Waals surface area contributed by atoms with Crippen LogP contribution in [0.4, 0.5) is 11.6 Å². The third-order valence-electron chi connectivity index (χ3n) is 5.62. The summed E-state index contributed by atoms with van der Waals surface area (Å²) in [5.74, 6) is 1.44. The minimum absolute atomic E-state index is 0.0324. The van der Waals surface area contributed by atoms with Gasteiger partial charge in [-0.15, -0.1) is 0 Å². The van der Waals surface area contributed by atoms with Gasteiger partial charge in [0.2, 0.25) is 0 Å². The van der Waals surface area contributed by atoms with E-state index in [0.29, 0.717) is 42.0 Å². The van der Waals surface area contributed by atoms with E-state index in [1.165, 1.54) is 12.5 Å². The number of nitrogens with two attached hydrogens (primary N) is 1. The summed E-state index contributed by atoms with van der Waals surface area (Å²) in [4.78, 5) is 31.7.